The molecule has 3 rings (SSSR count). The number of nitro benzene ring substituents is 1. The number of carboxylic acids is 2. The summed E-state index contributed by atoms with van der Waals surface area (Å²) in [7, 11) is 0. The minimum Gasteiger partial charge on any atom is -0.480 e. The summed E-state index contributed by atoms with van der Waals surface area (Å²) >= 11 is 5.52. The number of benzene rings is 2. The Morgan fingerprint density at radius 3 is 1.95 bits per heavy atom. The van der Waals surface area contributed by atoms with E-state index in [9.17, 15) is 24.5 Å². The summed E-state index contributed by atoms with van der Waals surface area (Å²) < 4.78 is 0. The molecule has 1 unspecified atom stereocenters. The standard InChI is InChI=1S/C7H5ClO2.C7H5NO3.C6H14N2O2.C6H13N/c8-6-3-1-5(2-4-6)7(9)10;9-5-6-1-3-7(4-2-6)8(10)11;7-4-2-1-3-5(8)6(9)10;7-6-4-2-1-3-5-6/h1-4H,(H,9,10);1-5H;5H,1-4,7-8H2,(H,9,10);6H,1-5,7H2. The lowest BCUT2D eigenvalue weighted by Crippen LogP contribution is -2.29. The van der Waals surface area contributed by atoms with Crippen LogP contribution in [0.15, 0.2) is 48.5 Å². The fraction of sp³-hybridized carbons (Fsp3) is 0.423. The number of aldehydes is 1. The summed E-state index contributed by atoms with van der Waals surface area (Å²) in [6.45, 7) is 0.604. The fourth-order valence-electron chi connectivity index (χ4n) is 3.03. The molecule has 0 saturated heterocycles. The Balaban J connectivity index is 0.000000485. The van der Waals surface area contributed by atoms with Crippen molar-refractivity contribution < 1.29 is 29.5 Å². The van der Waals surface area contributed by atoms with Gasteiger partial charge in [-0.25, -0.2) is 4.79 Å². The number of halogens is 1. The molecule has 1 atom stereocenters. The van der Waals surface area contributed by atoms with Crippen molar-refractivity contribution in [1.29, 1.82) is 0 Å². The third kappa shape index (κ3) is 17.1. The van der Waals surface area contributed by atoms with E-state index in [1.165, 1.54) is 68.5 Å². The van der Waals surface area contributed by atoms with Crippen molar-refractivity contribution in [2.45, 2.75) is 63.5 Å². The number of nitrogens with two attached hydrogens (primary N) is 3. The zero-order valence-electron chi connectivity index (χ0n) is 21.2. The number of carbonyl (C=O) groups is 3. The predicted octanol–water partition coefficient (Wildman–Crippen LogP) is 4.25. The van der Waals surface area contributed by atoms with E-state index in [-0.39, 0.29) is 11.3 Å². The second-order valence-corrected chi connectivity index (χ2v) is 8.84. The van der Waals surface area contributed by atoms with Crippen molar-refractivity contribution in [3.63, 3.8) is 0 Å². The number of hydrogen-bond donors (Lipinski definition) is 5. The van der Waals surface area contributed by atoms with Gasteiger partial charge in [-0.05, 0) is 68.6 Å². The van der Waals surface area contributed by atoms with E-state index < -0.39 is 22.9 Å². The highest BCUT2D eigenvalue weighted by Gasteiger charge is 2.09. The average Bonchev–Trinajstić information content (AvgIpc) is 2.90. The van der Waals surface area contributed by atoms with Crippen molar-refractivity contribution >= 4 is 35.5 Å². The van der Waals surface area contributed by atoms with Gasteiger partial charge in [-0.2, -0.15) is 0 Å². The first kappa shape index (κ1) is 34.6. The van der Waals surface area contributed by atoms with Crippen molar-refractivity contribution in [2.24, 2.45) is 17.2 Å². The zero-order valence-corrected chi connectivity index (χ0v) is 22.0. The molecule has 1 saturated carbocycles. The van der Waals surface area contributed by atoms with Gasteiger partial charge in [0.2, 0.25) is 0 Å². The van der Waals surface area contributed by atoms with Crippen molar-refractivity contribution in [3.8, 4) is 0 Å². The summed E-state index contributed by atoms with van der Waals surface area (Å²) in [5.41, 5.74) is 16.7. The van der Waals surface area contributed by atoms with E-state index >= 15 is 0 Å². The molecule has 2 aromatic carbocycles. The Bertz CT molecular complexity index is 967. The molecule has 8 N–H and O–H groups in total. The monoisotopic (exact) mass is 552 g/mol. The van der Waals surface area contributed by atoms with Crippen LogP contribution in [0.2, 0.25) is 5.02 Å². The van der Waals surface area contributed by atoms with Gasteiger partial charge in [0, 0.05) is 28.8 Å². The van der Waals surface area contributed by atoms with Gasteiger partial charge in [0.05, 0.1) is 10.5 Å². The summed E-state index contributed by atoms with van der Waals surface area (Å²) in [6, 6.07) is 11.2. The minimum atomic E-state index is -0.934. The molecule has 0 aromatic heterocycles. The number of aliphatic carboxylic acids is 1. The molecule has 1 aliphatic rings. The van der Waals surface area contributed by atoms with Gasteiger partial charge in [-0.1, -0.05) is 37.3 Å². The molecule has 12 heteroatoms. The highest BCUT2D eigenvalue weighted by Crippen LogP contribution is 2.15. The van der Waals surface area contributed by atoms with Crippen LogP contribution in [0.5, 0.6) is 0 Å². The van der Waals surface area contributed by atoms with E-state index in [0.717, 1.165) is 12.8 Å². The highest BCUT2D eigenvalue weighted by atomic mass is 35.5. The average molecular weight is 553 g/mol. The maximum Gasteiger partial charge on any atom is 0.335 e. The lowest BCUT2D eigenvalue weighted by atomic mass is 9.97. The SMILES string of the molecule is NC1CCCCC1.NCCCCC(N)C(=O)O.O=C(O)c1ccc(Cl)cc1.O=Cc1ccc([N+](=O)[O-])cc1. The molecule has 11 nitrogen and oxygen atoms in total. The lowest BCUT2D eigenvalue weighted by molar-refractivity contribution is -0.384. The van der Waals surface area contributed by atoms with Gasteiger partial charge in [-0.15, -0.1) is 0 Å². The molecule has 0 spiro atoms. The number of aromatic carboxylic acids is 1. The van der Waals surface area contributed by atoms with Crippen molar-refractivity contribution in [1.82, 2.24) is 0 Å². The van der Waals surface area contributed by atoms with Crippen LogP contribution in [0.4, 0.5) is 5.69 Å². The van der Waals surface area contributed by atoms with E-state index in [2.05, 4.69) is 0 Å². The number of carboxylic acid groups (broad SMARTS) is 2. The van der Waals surface area contributed by atoms with Crippen molar-refractivity contribution in [2.75, 3.05) is 6.54 Å². The van der Waals surface area contributed by atoms with Gasteiger partial charge in [0.15, 0.2) is 0 Å². The van der Waals surface area contributed by atoms with E-state index in [1.807, 2.05) is 0 Å². The second-order valence-electron chi connectivity index (χ2n) is 8.41. The van der Waals surface area contributed by atoms with Crippen LogP contribution in [-0.4, -0.2) is 52.0 Å². The van der Waals surface area contributed by atoms with Crippen LogP contribution in [-0.2, 0) is 4.79 Å². The van der Waals surface area contributed by atoms with Crippen LogP contribution < -0.4 is 17.2 Å². The first-order chi connectivity index (χ1) is 18.0. The van der Waals surface area contributed by atoms with Gasteiger partial charge >= 0.3 is 11.9 Å². The molecule has 0 aliphatic heterocycles. The summed E-state index contributed by atoms with van der Waals surface area (Å²) in [4.78, 5) is 40.1. The van der Waals surface area contributed by atoms with E-state index in [1.54, 1.807) is 12.1 Å². The Morgan fingerprint density at radius 1 is 1.03 bits per heavy atom. The molecule has 0 radical (unpaired) electrons. The number of hydrogen-bond acceptors (Lipinski definition) is 8. The van der Waals surface area contributed by atoms with Crippen LogP contribution in [0.25, 0.3) is 0 Å². The lowest BCUT2D eigenvalue weighted by Gasteiger charge is -2.15. The van der Waals surface area contributed by atoms with Crippen LogP contribution in [0.3, 0.4) is 0 Å². The summed E-state index contributed by atoms with van der Waals surface area (Å²) in [6.07, 6.45) is 9.47. The summed E-state index contributed by atoms with van der Waals surface area (Å²) in [5.74, 6) is -1.87. The molecular formula is C26H37ClN4O7. The number of nitrogens with zero attached hydrogens (tertiary/aromatic N) is 1. The molecule has 0 amide bonds. The minimum absolute atomic E-state index is 0.00407. The van der Waals surface area contributed by atoms with Crippen molar-refractivity contribution in [3.05, 3.63) is 74.8 Å². The summed E-state index contributed by atoms with van der Waals surface area (Å²) in [5, 5.41) is 27.4. The Kier molecular flexibility index (Phi) is 18.8. The third-order valence-corrected chi connectivity index (χ3v) is 5.52. The second kappa shape index (κ2) is 20.7. The van der Waals surface area contributed by atoms with Gasteiger partial charge in [0.1, 0.15) is 12.3 Å². The molecule has 0 bridgehead atoms. The Morgan fingerprint density at radius 2 is 1.58 bits per heavy atom. The van der Waals surface area contributed by atoms with Crippen LogP contribution in [0, 0.1) is 10.1 Å². The van der Waals surface area contributed by atoms with Crippen LogP contribution in [0.1, 0.15) is 72.1 Å². The molecule has 1 aliphatic carbocycles. The number of carbonyl (C=O) groups excluding carboxylic acids is 1. The normalized spacial score (nSPS) is 13.2. The first-order valence-corrected chi connectivity index (χ1v) is 12.5. The van der Waals surface area contributed by atoms with E-state index in [4.69, 9.17) is 39.0 Å². The fourth-order valence-corrected chi connectivity index (χ4v) is 3.16. The first-order valence-electron chi connectivity index (χ1n) is 12.1. The Labute approximate surface area is 227 Å². The largest absolute Gasteiger partial charge is 0.480 e. The quantitative estimate of drug-likeness (QED) is 0.136. The zero-order chi connectivity index (χ0) is 28.9. The molecule has 1 fully saturated rings. The third-order valence-electron chi connectivity index (χ3n) is 5.27. The molecule has 2 aromatic rings. The Hall–Kier alpha value is -3.38. The number of rotatable bonds is 8. The molecule has 0 heterocycles. The molecule has 38 heavy (non-hydrogen) atoms. The van der Waals surface area contributed by atoms with Gasteiger partial charge < -0.3 is 27.4 Å². The molecular weight excluding hydrogens is 516 g/mol. The predicted molar refractivity (Wildman–Crippen MR) is 146 cm³/mol. The van der Waals surface area contributed by atoms with E-state index in [0.29, 0.717) is 35.9 Å². The number of nitro groups is 1. The smallest absolute Gasteiger partial charge is 0.335 e. The number of unbranched alkanes of at least 4 members (excludes halogenated alkanes) is 1. The van der Waals surface area contributed by atoms with Crippen LogP contribution >= 0.6 is 11.6 Å². The highest BCUT2D eigenvalue weighted by molar-refractivity contribution is 6.30. The van der Waals surface area contributed by atoms with Gasteiger partial charge in [0.25, 0.3) is 5.69 Å². The topological polar surface area (TPSA) is 213 Å². The maximum absolute atomic E-state index is 10.3. The van der Waals surface area contributed by atoms with Gasteiger partial charge in [-0.3, -0.25) is 19.7 Å². The maximum atomic E-state index is 10.3. The molecule has 210 valence electrons. The number of non-ortho nitro benzene ring substituents is 1.